The van der Waals surface area contributed by atoms with Crippen LogP contribution < -0.4 is 5.32 Å². The van der Waals surface area contributed by atoms with E-state index in [4.69, 9.17) is 4.74 Å². The first-order valence-electron chi connectivity index (χ1n) is 5.78. The highest BCUT2D eigenvalue weighted by Crippen LogP contribution is 2.33. The molecule has 0 spiro atoms. The fraction of sp³-hybridized carbons (Fsp3) is 0.538. The molecule has 0 fully saturated rings. The molecule has 1 unspecified atom stereocenters. The van der Waals surface area contributed by atoms with Crippen molar-refractivity contribution in [3.8, 4) is 0 Å². The Kier molecular flexibility index (Phi) is 3.75. The highest BCUT2D eigenvalue weighted by atomic mass is 16.5. The van der Waals surface area contributed by atoms with Crippen LogP contribution in [0.4, 0.5) is 0 Å². The van der Waals surface area contributed by atoms with Crippen molar-refractivity contribution in [3.05, 3.63) is 35.4 Å². The van der Waals surface area contributed by atoms with Crippen LogP contribution in [-0.2, 0) is 11.2 Å². The highest BCUT2D eigenvalue weighted by molar-refractivity contribution is 5.40. The second-order valence-electron chi connectivity index (χ2n) is 4.00. The van der Waals surface area contributed by atoms with Crippen molar-refractivity contribution < 1.29 is 4.74 Å². The van der Waals surface area contributed by atoms with Crippen LogP contribution in [0.1, 0.15) is 24.0 Å². The van der Waals surface area contributed by atoms with Crippen molar-refractivity contribution in [1.82, 2.24) is 5.32 Å². The summed E-state index contributed by atoms with van der Waals surface area (Å²) in [5.74, 6) is 0.725. The molecular weight excluding hydrogens is 186 g/mol. The topological polar surface area (TPSA) is 21.3 Å². The lowest BCUT2D eigenvalue weighted by Gasteiger charge is -2.30. The van der Waals surface area contributed by atoms with Gasteiger partial charge >= 0.3 is 0 Å². The number of ether oxygens (including phenoxy) is 1. The van der Waals surface area contributed by atoms with E-state index in [0.717, 1.165) is 32.2 Å². The molecule has 0 saturated heterocycles. The standard InChI is InChI=1S/C13H19NO/c1-2-15-8-7-14-10-12-9-11-5-3-4-6-13(11)12/h3-6,12,14H,2,7-10H2,1H3. The molecule has 1 atom stereocenters. The van der Waals surface area contributed by atoms with Gasteiger partial charge in [-0.3, -0.25) is 0 Å². The Hall–Kier alpha value is -0.860. The monoisotopic (exact) mass is 205 g/mol. The average molecular weight is 205 g/mol. The zero-order valence-corrected chi connectivity index (χ0v) is 9.33. The van der Waals surface area contributed by atoms with Crippen LogP contribution in [-0.4, -0.2) is 26.3 Å². The molecule has 82 valence electrons. The molecule has 2 heteroatoms. The summed E-state index contributed by atoms with van der Waals surface area (Å²) < 4.78 is 5.27. The molecule has 0 bridgehead atoms. The second-order valence-corrected chi connectivity index (χ2v) is 4.00. The van der Waals surface area contributed by atoms with Gasteiger partial charge in [-0.05, 0) is 24.5 Å². The molecule has 2 rings (SSSR count). The molecule has 2 nitrogen and oxygen atoms in total. The third-order valence-electron chi connectivity index (χ3n) is 2.98. The van der Waals surface area contributed by atoms with E-state index >= 15 is 0 Å². The first-order valence-corrected chi connectivity index (χ1v) is 5.78. The number of nitrogens with one attached hydrogen (secondary N) is 1. The third-order valence-corrected chi connectivity index (χ3v) is 2.98. The highest BCUT2D eigenvalue weighted by Gasteiger charge is 2.24. The van der Waals surface area contributed by atoms with E-state index in [2.05, 4.69) is 29.6 Å². The van der Waals surface area contributed by atoms with Crippen LogP contribution >= 0.6 is 0 Å². The Balaban J connectivity index is 1.67. The number of benzene rings is 1. The van der Waals surface area contributed by atoms with Crippen molar-refractivity contribution in [1.29, 1.82) is 0 Å². The molecule has 1 aromatic carbocycles. The summed E-state index contributed by atoms with van der Waals surface area (Å²) in [7, 11) is 0. The summed E-state index contributed by atoms with van der Waals surface area (Å²) in [4.78, 5) is 0. The Bertz CT molecular complexity index is 311. The summed E-state index contributed by atoms with van der Waals surface area (Å²) in [5, 5.41) is 3.44. The normalized spacial score (nSPS) is 18.3. The van der Waals surface area contributed by atoms with E-state index in [0.29, 0.717) is 0 Å². The molecule has 1 aromatic rings. The van der Waals surface area contributed by atoms with Crippen molar-refractivity contribution >= 4 is 0 Å². The molecule has 15 heavy (non-hydrogen) atoms. The second kappa shape index (κ2) is 5.29. The quantitative estimate of drug-likeness (QED) is 0.717. The van der Waals surface area contributed by atoms with Crippen LogP contribution in [0.15, 0.2) is 24.3 Å². The maximum absolute atomic E-state index is 5.27. The van der Waals surface area contributed by atoms with Crippen molar-refractivity contribution in [2.24, 2.45) is 0 Å². The zero-order valence-electron chi connectivity index (χ0n) is 9.33. The predicted molar refractivity (Wildman–Crippen MR) is 62.2 cm³/mol. The van der Waals surface area contributed by atoms with Gasteiger partial charge in [-0.2, -0.15) is 0 Å². The minimum absolute atomic E-state index is 0.725. The van der Waals surface area contributed by atoms with Crippen molar-refractivity contribution in [2.75, 3.05) is 26.3 Å². The van der Waals surface area contributed by atoms with E-state index in [1.54, 1.807) is 0 Å². The van der Waals surface area contributed by atoms with Gasteiger partial charge in [-0.1, -0.05) is 24.3 Å². The number of hydrogen-bond acceptors (Lipinski definition) is 2. The van der Waals surface area contributed by atoms with E-state index in [-0.39, 0.29) is 0 Å². The lowest BCUT2D eigenvalue weighted by Crippen LogP contribution is -2.31. The van der Waals surface area contributed by atoms with Gasteiger partial charge in [0, 0.05) is 25.6 Å². The molecule has 0 aliphatic heterocycles. The maximum Gasteiger partial charge on any atom is 0.0590 e. The van der Waals surface area contributed by atoms with Crippen LogP contribution in [0.2, 0.25) is 0 Å². The maximum atomic E-state index is 5.27. The smallest absolute Gasteiger partial charge is 0.0590 e. The summed E-state index contributed by atoms with van der Waals surface area (Å²) >= 11 is 0. The van der Waals surface area contributed by atoms with Gasteiger partial charge in [0.25, 0.3) is 0 Å². The number of fused-ring (bicyclic) bond motifs is 1. The molecule has 0 aromatic heterocycles. The van der Waals surface area contributed by atoms with Crippen molar-refractivity contribution in [2.45, 2.75) is 19.3 Å². The fourth-order valence-electron chi connectivity index (χ4n) is 2.11. The van der Waals surface area contributed by atoms with E-state index in [1.807, 2.05) is 6.92 Å². The average Bonchev–Trinajstić information content (AvgIpc) is 2.24. The minimum atomic E-state index is 0.725. The number of hydrogen-bond donors (Lipinski definition) is 1. The van der Waals surface area contributed by atoms with E-state index in [1.165, 1.54) is 17.5 Å². The van der Waals surface area contributed by atoms with Crippen LogP contribution in [0.25, 0.3) is 0 Å². The zero-order chi connectivity index (χ0) is 10.5. The van der Waals surface area contributed by atoms with Crippen molar-refractivity contribution in [3.63, 3.8) is 0 Å². The Labute approximate surface area is 91.6 Å². The lowest BCUT2D eigenvalue weighted by molar-refractivity contribution is 0.149. The third kappa shape index (κ3) is 2.58. The molecule has 0 amide bonds. The fourth-order valence-corrected chi connectivity index (χ4v) is 2.11. The summed E-state index contributed by atoms with van der Waals surface area (Å²) in [6.07, 6.45) is 1.23. The molecule has 1 N–H and O–H groups in total. The van der Waals surface area contributed by atoms with E-state index < -0.39 is 0 Å². The molecule has 0 heterocycles. The SMILES string of the molecule is CCOCCNCC1Cc2ccccc21. The van der Waals surface area contributed by atoms with Gasteiger partial charge in [0.05, 0.1) is 6.61 Å². The molecule has 1 aliphatic rings. The molecule has 1 aliphatic carbocycles. The molecular formula is C13H19NO. The Morgan fingerprint density at radius 3 is 3.07 bits per heavy atom. The van der Waals surface area contributed by atoms with Gasteiger partial charge in [-0.25, -0.2) is 0 Å². The largest absolute Gasteiger partial charge is 0.380 e. The van der Waals surface area contributed by atoms with Gasteiger partial charge in [0.2, 0.25) is 0 Å². The van der Waals surface area contributed by atoms with Crippen LogP contribution in [0.5, 0.6) is 0 Å². The van der Waals surface area contributed by atoms with Gasteiger partial charge in [-0.15, -0.1) is 0 Å². The van der Waals surface area contributed by atoms with Gasteiger partial charge in [0.1, 0.15) is 0 Å². The van der Waals surface area contributed by atoms with Crippen LogP contribution in [0, 0.1) is 0 Å². The predicted octanol–water partition coefficient (Wildman–Crippen LogP) is 1.95. The van der Waals surface area contributed by atoms with Gasteiger partial charge in [0.15, 0.2) is 0 Å². The summed E-state index contributed by atoms with van der Waals surface area (Å²) in [6, 6.07) is 8.72. The van der Waals surface area contributed by atoms with Crippen LogP contribution in [0.3, 0.4) is 0 Å². The minimum Gasteiger partial charge on any atom is -0.380 e. The molecule has 0 saturated carbocycles. The van der Waals surface area contributed by atoms with Gasteiger partial charge < -0.3 is 10.1 Å². The first kappa shape index (κ1) is 10.7. The molecule has 0 radical (unpaired) electrons. The Morgan fingerprint density at radius 1 is 1.40 bits per heavy atom. The number of rotatable bonds is 6. The Morgan fingerprint density at radius 2 is 2.27 bits per heavy atom. The lowest BCUT2D eigenvalue weighted by atomic mass is 9.78. The summed E-state index contributed by atoms with van der Waals surface area (Å²) in [5.41, 5.74) is 3.05. The summed E-state index contributed by atoms with van der Waals surface area (Å²) in [6.45, 7) is 5.72. The van der Waals surface area contributed by atoms with E-state index in [9.17, 15) is 0 Å². The first-order chi connectivity index (χ1) is 7.42.